The molecule has 0 rings (SSSR count). The molecule has 3 heteroatoms. The zero-order valence-corrected chi connectivity index (χ0v) is 8.32. The maximum absolute atomic E-state index is 8.91. The molecule has 0 bridgehead atoms. The van der Waals surface area contributed by atoms with E-state index in [4.69, 9.17) is 21.0 Å². The lowest BCUT2D eigenvalue weighted by Crippen LogP contribution is -2.28. The quantitative estimate of drug-likeness (QED) is 0.472. The van der Waals surface area contributed by atoms with Gasteiger partial charge in [-0.3, -0.25) is 0 Å². The Morgan fingerprint density at radius 3 is 2.69 bits per heavy atom. The monoisotopic (exact) mass is 186 g/mol. The molecule has 0 aliphatic rings. The Morgan fingerprint density at radius 2 is 2.23 bits per heavy atom. The number of hydrogen-bond donors (Lipinski definition) is 1. The van der Waals surface area contributed by atoms with Gasteiger partial charge < -0.3 is 14.6 Å². The third-order valence-corrected chi connectivity index (χ3v) is 1.69. The Labute approximate surface area is 80.0 Å². The van der Waals surface area contributed by atoms with E-state index >= 15 is 0 Å². The van der Waals surface area contributed by atoms with Crippen LogP contribution in [0.5, 0.6) is 0 Å². The fraction of sp³-hybridized carbons (Fsp3) is 0.800. The summed E-state index contributed by atoms with van der Waals surface area (Å²) < 4.78 is 10.5. The van der Waals surface area contributed by atoms with E-state index in [2.05, 4.69) is 5.92 Å². The predicted molar refractivity (Wildman–Crippen MR) is 51.4 cm³/mol. The molecule has 0 aliphatic heterocycles. The molecule has 0 aromatic carbocycles. The zero-order chi connectivity index (χ0) is 10.1. The van der Waals surface area contributed by atoms with Crippen molar-refractivity contribution in [2.75, 3.05) is 19.8 Å². The van der Waals surface area contributed by atoms with Crippen LogP contribution >= 0.6 is 0 Å². The van der Waals surface area contributed by atoms with Gasteiger partial charge in [0.2, 0.25) is 0 Å². The first-order valence-corrected chi connectivity index (χ1v) is 4.52. The Bertz CT molecular complexity index is 151. The molecule has 0 saturated carbocycles. The Balaban J connectivity index is 3.57. The number of rotatable bonds is 7. The van der Waals surface area contributed by atoms with Gasteiger partial charge in [0, 0.05) is 0 Å². The SMILES string of the molecule is C#CCOCC(CO)OC(C)CC. The first-order valence-electron chi connectivity index (χ1n) is 4.52. The van der Waals surface area contributed by atoms with Crippen LogP contribution in [0.1, 0.15) is 20.3 Å². The summed E-state index contributed by atoms with van der Waals surface area (Å²) in [6.45, 7) is 4.57. The van der Waals surface area contributed by atoms with Gasteiger partial charge in [0.25, 0.3) is 0 Å². The molecule has 0 aromatic heterocycles. The molecule has 13 heavy (non-hydrogen) atoms. The van der Waals surface area contributed by atoms with E-state index in [-0.39, 0.29) is 25.4 Å². The van der Waals surface area contributed by atoms with Crippen LogP contribution in [0.4, 0.5) is 0 Å². The second kappa shape index (κ2) is 8.06. The van der Waals surface area contributed by atoms with Crippen LogP contribution in [0.15, 0.2) is 0 Å². The number of ether oxygens (including phenoxy) is 2. The number of terminal acetylenes is 1. The second-order valence-electron chi connectivity index (χ2n) is 2.88. The topological polar surface area (TPSA) is 38.7 Å². The molecule has 0 saturated heterocycles. The van der Waals surface area contributed by atoms with E-state index in [1.54, 1.807) is 0 Å². The third-order valence-electron chi connectivity index (χ3n) is 1.69. The van der Waals surface area contributed by atoms with Crippen LogP contribution in [0.2, 0.25) is 0 Å². The normalized spacial score (nSPS) is 14.9. The summed E-state index contributed by atoms with van der Waals surface area (Å²) in [5.74, 6) is 2.36. The summed E-state index contributed by atoms with van der Waals surface area (Å²) in [7, 11) is 0. The summed E-state index contributed by atoms with van der Waals surface area (Å²) in [5, 5.41) is 8.91. The summed E-state index contributed by atoms with van der Waals surface area (Å²) in [5.41, 5.74) is 0. The van der Waals surface area contributed by atoms with Crippen molar-refractivity contribution in [2.24, 2.45) is 0 Å². The minimum absolute atomic E-state index is 0.0328. The van der Waals surface area contributed by atoms with E-state index in [9.17, 15) is 0 Å². The van der Waals surface area contributed by atoms with Crippen molar-refractivity contribution >= 4 is 0 Å². The average molecular weight is 186 g/mol. The van der Waals surface area contributed by atoms with E-state index in [1.165, 1.54) is 0 Å². The molecule has 76 valence electrons. The number of aliphatic hydroxyl groups excluding tert-OH is 1. The molecule has 0 amide bonds. The largest absolute Gasteiger partial charge is 0.394 e. The molecule has 3 nitrogen and oxygen atoms in total. The smallest absolute Gasteiger partial charge is 0.107 e. The van der Waals surface area contributed by atoms with Crippen LogP contribution < -0.4 is 0 Å². The van der Waals surface area contributed by atoms with E-state index in [0.29, 0.717) is 6.61 Å². The fourth-order valence-corrected chi connectivity index (χ4v) is 0.809. The standard InChI is InChI=1S/C10H18O3/c1-4-6-12-8-10(7-11)13-9(3)5-2/h1,9-11H,5-8H2,2-3H3. The second-order valence-corrected chi connectivity index (χ2v) is 2.88. The van der Waals surface area contributed by atoms with Crippen molar-refractivity contribution in [2.45, 2.75) is 32.5 Å². The lowest BCUT2D eigenvalue weighted by atomic mass is 10.3. The number of aliphatic hydroxyl groups is 1. The maximum atomic E-state index is 8.91. The van der Waals surface area contributed by atoms with Crippen molar-refractivity contribution in [3.05, 3.63) is 0 Å². The predicted octanol–water partition coefficient (Wildman–Crippen LogP) is 0.812. The molecular weight excluding hydrogens is 168 g/mol. The molecule has 1 N–H and O–H groups in total. The minimum Gasteiger partial charge on any atom is -0.394 e. The molecule has 0 spiro atoms. The third kappa shape index (κ3) is 6.59. The molecule has 0 heterocycles. The van der Waals surface area contributed by atoms with Gasteiger partial charge in [0.05, 0.1) is 19.3 Å². The Morgan fingerprint density at radius 1 is 1.54 bits per heavy atom. The minimum atomic E-state index is -0.261. The molecule has 2 unspecified atom stereocenters. The molecule has 0 aliphatic carbocycles. The highest BCUT2D eigenvalue weighted by atomic mass is 16.5. The van der Waals surface area contributed by atoms with Crippen LogP contribution in [0.25, 0.3) is 0 Å². The number of hydrogen-bond acceptors (Lipinski definition) is 3. The van der Waals surface area contributed by atoms with Gasteiger partial charge in [-0.05, 0) is 13.3 Å². The van der Waals surface area contributed by atoms with E-state index in [1.807, 2.05) is 13.8 Å². The molecule has 2 atom stereocenters. The van der Waals surface area contributed by atoms with Crippen LogP contribution in [0, 0.1) is 12.3 Å². The summed E-state index contributed by atoms with van der Waals surface area (Å²) in [6.07, 6.45) is 5.81. The van der Waals surface area contributed by atoms with Gasteiger partial charge in [-0.25, -0.2) is 0 Å². The Hall–Kier alpha value is -0.560. The highest BCUT2D eigenvalue weighted by Crippen LogP contribution is 2.02. The van der Waals surface area contributed by atoms with Crippen molar-refractivity contribution < 1.29 is 14.6 Å². The van der Waals surface area contributed by atoms with Gasteiger partial charge in [0.1, 0.15) is 12.7 Å². The van der Waals surface area contributed by atoms with Crippen molar-refractivity contribution in [1.29, 1.82) is 0 Å². The molecular formula is C10H18O3. The summed E-state index contributed by atoms with van der Waals surface area (Å²) in [4.78, 5) is 0. The summed E-state index contributed by atoms with van der Waals surface area (Å²) in [6, 6.07) is 0. The first kappa shape index (κ1) is 12.4. The zero-order valence-electron chi connectivity index (χ0n) is 8.32. The van der Waals surface area contributed by atoms with Gasteiger partial charge in [-0.1, -0.05) is 12.8 Å². The first-order chi connectivity index (χ1) is 6.24. The van der Waals surface area contributed by atoms with Crippen molar-refractivity contribution in [3.63, 3.8) is 0 Å². The maximum Gasteiger partial charge on any atom is 0.107 e. The average Bonchev–Trinajstić information content (AvgIpc) is 2.16. The van der Waals surface area contributed by atoms with Gasteiger partial charge >= 0.3 is 0 Å². The van der Waals surface area contributed by atoms with E-state index in [0.717, 1.165) is 6.42 Å². The highest BCUT2D eigenvalue weighted by molar-refractivity contribution is 4.83. The van der Waals surface area contributed by atoms with Gasteiger partial charge in [-0.2, -0.15) is 0 Å². The van der Waals surface area contributed by atoms with Crippen LogP contribution in [0.3, 0.4) is 0 Å². The van der Waals surface area contributed by atoms with Crippen LogP contribution in [-0.4, -0.2) is 37.1 Å². The fourth-order valence-electron chi connectivity index (χ4n) is 0.809. The molecule has 0 fully saturated rings. The summed E-state index contributed by atoms with van der Waals surface area (Å²) >= 11 is 0. The van der Waals surface area contributed by atoms with Gasteiger partial charge in [0.15, 0.2) is 0 Å². The molecule has 0 radical (unpaired) electrons. The lowest BCUT2D eigenvalue weighted by Gasteiger charge is -2.19. The van der Waals surface area contributed by atoms with Crippen LogP contribution in [-0.2, 0) is 9.47 Å². The Kier molecular flexibility index (Phi) is 7.71. The molecule has 0 aromatic rings. The lowest BCUT2D eigenvalue weighted by molar-refractivity contribution is -0.0691. The van der Waals surface area contributed by atoms with Crippen molar-refractivity contribution in [1.82, 2.24) is 0 Å². The van der Waals surface area contributed by atoms with E-state index < -0.39 is 0 Å². The highest BCUT2D eigenvalue weighted by Gasteiger charge is 2.10. The van der Waals surface area contributed by atoms with Crippen molar-refractivity contribution in [3.8, 4) is 12.3 Å². The van der Waals surface area contributed by atoms with Gasteiger partial charge in [-0.15, -0.1) is 6.42 Å².